The highest BCUT2D eigenvalue weighted by atomic mass is 16.1. The first-order valence-corrected chi connectivity index (χ1v) is 5.23. The van der Waals surface area contributed by atoms with Crippen LogP contribution in [0.1, 0.15) is 46.5 Å². The van der Waals surface area contributed by atoms with Crippen LogP contribution >= 0.6 is 0 Å². The Kier molecular flexibility index (Phi) is 1.82. The van der Waals surface area contributed by atoms with E-state index in [-0.39, 0.29) is 0 Å². The molecule has 2 nitrogen and oxygen atoms in total. The Morgan fingerprint density at radius 3 is 2.31 bits per heavy atom. The van der Waals surface area contributed by atoms with Crippen molar-refractivity contribution >= 4 is 5.78 Å². The summed E-state index contributed by atoms with van der Waals surface area (Å²) in [7, 11) is 0. The van der Waals surface area contributed by atoms with Crippen LogP contribution < -0.4 is 5.32 Å². The molecule has 3 aliphatic carbocycles. The summed E-state index contributed by atoms with van der Waals surface area (Å²) in [6, 6.07) is 0.579. The van der Waals surface area contributed by atoms with Gasteiger partial charge in [0.1, 0.15) is 5.78 Å². The molecule has 0 heterocycles. The van der Waals surface area contributed by atoms with E-state index in [1.807, 2.05) is 0 Å². The molecule has 0 aliphatic heterocycles. The fourth-order valence-corrected chi connectivity index (χ4v) is 3.48. The molecule has 74 valence electrons. The van der Waals surface area contributed by atoms with E-state index >= 15 is 0 Å². The molecule has 2 bridgehead atoms. The van der Waals surface area contributed by atoms with Crippen molar-refractivity contribution in [2.45, 2.75) is 58.0 Å². The molecule has 3 aliphatic rings. The van der Waals surface area contributed by atoms with Gasteiger partial charge in [-0.1, -0.05) is 13.8 Å². The average molecular weight is 181 g/mol. The molecule has 0 saturated heterocycles. The molecular weight excluding hydrogens is 162 g/mol. The molecule has 0 aromatic rings. The molecular formula is C11H19NO. The van der Waals surface area contributed by atoms with Gasteiger partial charge < -0.3 is 10.1 Å². The summed E-state index contributed by atoms with van der Waals surface area (Å²) in [5.74, 6) is 0.359. The third-order valence-electron chi connectivity index (χ3n) is 3.36. The topological polar surface area (TPSA) is 29.1 Å². The minimum Gasteiger partial charge on any atom is -0.309 e. The zero-order valence-corrected chi connectivity index (χ0v) is 8.81. The maximum Gasteiger partial charge on any atom is 0.130 e. The molecule has 0 aromatic heterocycles. The summed E-state index contributed by atoms with van der Waals surface area (Å²) >= 11 is 0. The fourth-order valence-electron chi connectivity index (χ4n) is 3.48. The van der Waals surface area contributed by atoms with Gasteiger partial charge in [-0.3, -0.25) is 0 Å². The Bertz CT molecular complexity index is 225. The number of rotatable bonds is 4. The number of nitrogens with one attached hydrogen (secondary N) is 1. The fraction of sp³-hybridized carbons (Fsp3) is 0.909. The van der Waals surface area contributed by atoms with Crippen LogP contribution in [0.2, 0.25) is 0 Å². The SMILES string of the molecule is CC(=O)CC12CC(NC(C)C)(C1)C2. The summed E-state index contributed by atoms with van der Waals surface area (Å²) in [6.07, 6.45) is 4.52. The molecule has 0 atom stereocenters. The number of carbonyl (C=O) groups excluding carboxylic acids is 1. The third-order valence-corrected chi connectivity index (χ3v) is 3.36. The van der Waals surface area contributed by atoms with E-state index < -0.39 is 0 Å². The predicted molar refractivity (Wildman–Crippen MR) is 52.6 cm³/mol. The molecule has 0 radical (unpaired) electrons. The molecule has 0 spiro atoms. The monoisotopic (exact) mass is 181 g/mol. The zero-order chi connectivity index (χ0) is 9.69. The average Bonchev–Trinajstić information content (AvgIpc) is 1.77. The Morgan fingerprint density at radius 1 is 1.38 bits per heavy atom. The van der Waals surface area contributed by atoms with Crippen LogP contribution in [-0.2, 0) is 4.79 Å². The van der Waals surface area contributed by atoms with E-state index in [1.54, 1.807) is 6.92 Å². The van der Waals surface area contributed by atoms with Gasteiger partial charge in [0, 0.05) is 18.0 Å². The van der Waals surface area contributed by atoms with Gasteiger partial charge in [0.05, 0.1) is 0 Å². The van der Waals surface area contributed by atoms with E-state index in [1.165, 1.54) is 19.3 Å². The lowest BCUT2D eigenvalue weighted by atomic mass is 9.38. The Hall–Kier alpha value is -0.370. The molecule has 2 heteroatoms. The molecule has 0 amide bonds. The summed E-state index contributed by atoms with van der Waals surface area (Å²) in [5.41, 5.74) is 0.858. The van der Waals surface area contributed by atoms with Gasteiger partial charge in [-0.15, -0.1) is 0 Å². The van der Waals surface area contributed by atoms with Gasteiger partial charge in [-0.2, -0.15) is 0 Å². The highest BCUT2D eigenvalue weighted by Gasteiger charge is 2.67. The minimum atomic E-state index is 0.359. The number of Topliss-reactive ketones (excluding diaryl/α,β-unsaturated/α-hetero) is 1. The lowest BCUT2D eigenvalue weighted by molar-refractivity contribution is -0.168. The minimum absolute atomic E-state index is 0.359. The quantitative estimate of drug-likeness (QED) is 0.717. The van der Waals surface area contributed by atoms with Crippen molar-refractivity contribution in [2.24, 2.45) is 5.41 Å². The van der Waals surface area contributed by atoms with E-state index in [0.29, 0.717) is 22.8 Å². The summed E-state index contributed by atoms with van der Waals surface area (Å²) in [6.45, 7) is 6.10. The highest BCUT2D eigenvalue weighted by Crippen LogP contribution is 2.69. The number of hydrogen-bond donors (Lipinski definition) is 1. The predicted octanol–water partition coefficient (Wildman–Crippen LogP) is 1.89. The Balaban J connectivity index is 1.82. The molecule has 3 saturated carbocycles. The van der Waals surface area contributed by atoms with E-state index in [4.69, 9.17) is 0 Å². The van der Waals surface area contributed by atoms with Crippen molar-refractivity contribution in [3.05, 3.63) is 0 Å². The smallest absolute Gasteiger partial charge is 0.130 e. The van der Waals surface area contributed by atoms with Crippen molar-refractivity contribution in [3.8, 4) is 0 Å². The third kappa shape index (κ3) is 1.41. The normalized spacial score (nSPS) is 41.2. The van der Waals surface area contributed by atoms with Crippen LogP contribution in [0.5, 0.6) is 0 Å². The van der Waals surface area contributed by atoms with E-state index in [2.05, 4.69) is 19.2 Å². The second kappa shape index (κ2) is 2.57. The van der Waals surface area contributed by atoms with E-state index in [9.17, 15) is 4.79 Å². The highest BCUT2D eigenvalue weighted by molar-refractivity contribution is 5.77. The molecule has 0 unspecified atom stereocenters. The van der Waals surface area contributed by atoms with Crippen LogP contribution in [-0.4, -0.2) is 17.4 Å². The van der Waals surface area contributed by atoms with Crippen molar-refractivity contribution in [3.63, 3.8) is 0 Å². The van der Waals surface area contributed by atoms with Crippen LogP contribution in [0.25, 0.3) is 0 Å². The number of carbonyl (C=O) groups is 1. The number of hydrogen-bond acceptors (Lipinski definition) is 2. The Labute approximate surface area is 80.1 Å². The molecule has 13 heavy (non-hydrogen) atoms. The standard InChI is InChI=1S/C11H19NO/c1-8(2)12-11-5-10(6-11,7-11)4-9(3)13/h8,12H,4-7H2,1-3H3. The molecule has 1 N–H and O–H groups in total. The van der Waals surface area contributed by atoms with Crippen LogP contribution in [0.3, 0.4) is 0 Å². The molecule has 3 fully saturated rings. The van der Waals surface area contributed by atoms with Crippen LogP contribution in [0, 0.1) is 5.41 Å². The first-order valence-electron chi connectivity index (χ1n) is 5.23. The maximum absolute atomic E-state index is 11.0. The second-order valence-corrected chi connectivity index (χ2v) is 5.49. The van der Waals surface area contributed by atoms with Crippen molar-refractivity contribution in [1.82, 2.24) is 5.32 Å². The lowest BCUT2D eigenvalue weighted by Crippen LogP contribution is -2.75. The van der Waals surface area contributed by atoms with Crippen molar-refractivity contribution in [2.75, 3.05) is 0 Å². The van der Waals surface area contributed by atoms with Crippen LogP contribution in [0.4, 0.5) is 0 Å². The maximum atomic E-state index is 11.0. The molecule has 3 rings (SSSR count). The molecule has 0 aromatic carbocycles. The van der Waals surface area contributed by atoms with Crippen molar-refractivity contribution < 1.29 is 4.79 Å². The van der Waals surface area contributed by atoms with Gasteiger partial charge >= 0.3 is 0 Å². The van der Waals surface area contributed by atoms with Gasteiger partial charge in [-0.25, -0.2) is 0 Å². The largest absolute Gasteiger partial charge is 0.309 e. The first-order chi connectivity index (χ1) is 5.95. The zero-order valence-electron chi connectivity index (χ0n) is 8.81. The number of ketones is 1. The van der Waals surface area contributed by atoms with Gasteiger partial charge in [0.2, 0.25) is 0 Å². The second-order valence-electron chi connectivity index (χ2n) is 5.49. The van der Waals surface area contributed by atoms with Gasteiger partial charge in [0.25, 0.3) is 0 Å². The lowest BCUT2D eigenvalue weighted by Gasteiger charge is -2.71. The Morgan fingerprint density at radius 2 is 1.92 bits per heavy atom. The summed E-state index contributed by atoms with van der Waals surface area (Å²) in [4.78, 5) is 11.0. The van der Waals surface area contributed by atoms with Crippen LogP contribution in [0.15, 0.2) is 0 Å². The van der Waals surface area contributed by atoms with Gasteiger partial charge in [-0.05, 0) is 31.6 Å². The van der Waals surface area contributed by atoms with E-state index in [0.717, 1.165) is 6.42 Å². The van der Waals surface area contributed by atoms with Crippen molar-refractivity contribution in [1.29, 1.82) is 0 Å². The first kappa shape index (κ1) is 9.20. The summed E-state index contributed by atoms with van der Waals surface area (Å²) < 4.78 is 0. The summed E-state index contributed by atoms with van der Waals surface area (Å²) in [5, 5.41) is 3.61. The van der Waals surface area contributed by atoms with Gasteiger partial charge in [0.15, 0.2) is 0 Å².